The molecule has 1 aromatic carbocycles. The van der Waals surface area contributed by atoms with Gasteiger partial charge in [0.1, 0.15) is 0 Å². The summed E-state index contributed by atoms with van der Waals surface area (Å²) in [5.74, 6) is -0.759. The van der Waals surface area contributed by atoms with Crippen molar-refractivity contribution in [1.82, 2.24) is 5.32 Å². The van der Waals surface area contributed by atoms with Gasteiger partial charge < -0.3 is 19.9 Å². The van der Waals surface area contributed by atoms with Gasteiger partial charge in [-0.1, -0.05) is 19.9 Å². The van der Waals surface area contributed by atoms with Gasteiger partial charge in [0.05, 0.1) is 14.2 Å². The number of methoxy groups -OCH3 is 2. The number of esters is 1. The molecule has 1 atom stereocenters. The molecule has 0 aliphatic heterocycles. The molecule has 0 bridgehead atoms. The van der Waals surface area contributed by atoms with Crippen LogP contribution in [0.4, 0.5) is 4.79 Å². The first-order valence-electron chi connectivity index (χ1n) is 7.49. The normalized spacial score (nSPS) is 11.9. The van der Waals surface area contributed by atoms with Crippen LogP contribution in [0.15, 0.2) is 24.3 Å². The fourth-order valence-electron chi connectivity index (χ4n) is 1.97. The van der Waals surface area contributed by atoms with E-state index in [1.165, 1.54) is 26.4 Å². The SMILES string of the molecule is COc1ccc(/C=C/C(=O)O[C@H](C(=O)NC(N)=O)C(C)C)cc1OC. The maximum Gasteiger partial charge on any atom is 0.331 e. The molecule has 0 aromatic heterocycles. The van der Waals surface area contributed by atoms with E-state index in [-0.39, 0.29) is 5.92 Å². The lowest BCUT2D eigenvalue weighted by atomic mass is 10.1. The summed E-state index contributed by atoms with van der Waals surface area (Å²) in [6.45, 7) is 3.35. The number of carbonyl (C=O) groups excluding carboxylic acids is 3. The molecule has 0 aliphatic carbocycles. The summed E-state index contributed by atoms with van der Waals surface area (Å²) in [7, 11) is 3.03. The molecular formula is C17H22N2O6. The minimum atomic E-state index is -1.13. The summed E-state index contributed by atoms with van der Waals surface area (Å²) in [5, 5.41) is 1.90. The molecule has 8 nitrogen and oxygen atoms in total. The minimum absolute atomic E-state index is 0.335. The Kier molecular flexibility index (Phi) is 7.45. The molecule has 0 heterocycles. The van der Waals surface area contributed by atoms with E-state index in [9.17, 15) is 14.4 Å². The highest BCUT2D eigenvalue weighted by atomic mass is 16.5. The van der Waals surface area contributed by atoms with E-state index < -0.39 is 24.0 Å². The molecule has 1 aromatic rings. The molecule has 0 radical (unpaired) electrons. The fraction of sp³-hybridized carbons (Fsp3) is 0.353. The van der Waals surface area contributed by atoms with Crippen molar-refractivity contribution in [2.75, 3.05) is 14.2 Å². The Hall–Kier alpha value is -3.03. The number of rotatable bonds is 7. The third-order valence-corrected chi connectivity index (χ3v) is 3.17. The quantitative estimate of drug-likeness (QED) is 0.568. The number of urea groups is 1. The number of ether oxygens (including phenoxy) is 3. The van der Waals surface area contributed by atoms with E-state index in [4.69, 9.17) is 19.9 Å². The Bertz CT molecular complexity index is 669. The highest BCUT2D eigenvalue weighted by Gasteiger charge is 2.26. The van der Waals surface area contributed by atoms with Gasteiger partial charge in [-0.05, 0) is 29.7 Å². The molecule has 0 saturated carbocycles. The molecule has 0 saturated heterocycles. The number of benzene rings is 1. The predicted octanol–water partition coefficient (Wildman–Crippen LogP) is 1.48. The maximum atomic E-state index is 11.9. The van der Waals surface area contributed by atoms with Crippen LogP contribution in [0.3, 0.4) is 0 Å². The van der Waals surface area contributed by atoms with Gasteiger partial charge >= 0.3 is 12.0 Å². The Morgan fingerprint density at radius 3 is 2.28 bits per heavy atom. The van der Waals surface area contributed by atoms with Crippen molar-refractivity contribution in [1.29, 1.82) is 0 Å². The average Bonchev–Trinajstić information content (AvgIpc) is 2.56. The highest BCUT2D eigenvalue weighted by Crippen LogP contribution is 2.27. The molecule has 136 valence electrons. The summed E-state index contributed by atoms with van der Waals surface area (Å²) in [6, 6.07) is 4.10. The van der Waals surface area contributed by atoms with Gasteiger partial charge in [-0.2, -0.15) is 0 Å². The molecule has 3 N–H and O–H groups in total. The number of amides is 3. The monoisotopic (exact) mass is 350 g/mol. The first-order valence-corrected chi connectivity index (χ1v) is 7.49. The molecule has 3 amide bonds. The van der Waals surface area contributed by atoms with Crippen LogP contribution >= 0.6 is 0 Å². The lowest BCUT2D eigenvalue weighted by Crippen LogP contribution is -2.45. The van der Waals surface area contributed by atoms with Crippen molar-refractivity contribution >= 4 is 24.0 Å². The molecule has 0 unspecified atom stereocenters. The molecule has 25 heavy (non-hydrogen) atoms. The maximum absolute atomic E-state index is 11.9. The highest BCUT2D eigenvalue weighted by molar-refractivity contribution is 5.97. The van der Waals surface area contributed by atoms with Crippen LogP contribution < -0.4 is 20.5 Å². The summed E-state index contributed by atoms with van der Waals surface area (Å²) in [5.41, 5.74) is 5.58. The number of nitrogens with two attached hydrogens (primary N) is 1. The molecule has 0 spiro atoms. The van der Waals surface area contributed by atoms with E-state index in [1.54, 1.807) is 32.0 Å². The van der Waals surface area contributed by atoms with Crippen LogP contribution in [-0.4, -0.2) is 38.2 Å². The zero-order chi connectivity index (χ0) is 19.0. The van der Waals surface area contributed by atoms with Crippen LogP contribution in [0.25, 0.3) is 6.08 Å². The molecule has 0 fully saturated rings. The van der Waals surface area contributed by atoms with Gasteiger partial charge in [0, 0.05) is 6.08 Å². The van der Waals surface area contributed by atoms with Gasteiger partial charge in [-0.3, -0.25) is 10.1 Å². The molecular weight excluding hydrogens is 328 g/mol. The van der Waals surface area contributed by atoms with E-state index in [1.807, 2.05) is 5.32 Å². The summed E-state index contributed by atoms with van der Waals surface area (Å²) in [6.07, 6.45) is 1.55. The average molecular weight is 350 g/mol. The number of hydrogen-bond acceptors (Lipinski definition) is 6. The Morgan fingerprint density at radius 1 is 1.12 bits per heavy atom. The number of carbonyl (C=O) groups is 3. The van der Waals surface area contributed by atoms with Crippen molar-refractivity contribution in [3.05, 3.63) is 29.8 Å². The Balaban J connectivity index is 2.81. The zero-order valence-electron chi connectivity index (χ0n) is 14.6. The van der Waals surface area contributed by atoms with Crippen molar-refractivity contribution in [2.45, 2.75) is 20.0 Å². The molecule has 0 aliphatic rings. The van der Waals surface area contributed by atoms with Crippen LogP contribution in [0, 0.1) is 5.92 Å². The second kappa shape index (κ2) is 9.31. The third-order valence-electron chi connectivity index (χ3n) is 3.17. The molecule has 8 heteroatoms. The van der Waals surface area contributed by atoms with Gasteiger partial charge in [-0.25, -0.2) is 9.59 Å². The standard InChI is InChI=1S/C17H22N2O6/c1-10(2)15(16(21)19-17(18)22)25-14(20)8-6-11-5-7-12(23-3)13(9-11)24-4/h5-10,15H,1-4H3,(H3,18,19,21,22)/b8-6+/t15-/m0/s1. The topological polar surface area (TPSA) is 117 Å². The lowest BCUT2D eigenvalue weighted by molar-refractivity contribution is -0.153. The van der Waals surface area contributed by atoms with Crippen molar-refractivity contribution in [3.63, 3.8) is 0 Å². The number of imide groups is 1. The predicted molar refractivity (Wildman–Crippen MR) is 91.0 cm³/mol. The zero-order valence-corrected chi connectivity index (χ0v) is 14.6. The van der Waals surface area contributed by atoms with Crippen LogP contribution in [-0.2, 0) is 14.3 Å². The van der Waals surface area contributed by atoms with E-state index in [2.05, 4.69) is 0 Å². The Labute approximate surface area is 145 Å². The largest absolute Gasteiger partial charge is 0.493 e. The first-order chi connectivity index (χ1) is 11.8. The lowest BCUT2D eigenvalue weighted by Gasteiger charge is -2.18. The third kappa shape index (κ3) is 6.17. The second-order valence-electron chi connectivity index (χ2n) is 5.40. The van der Waals surface area contributed by atoms with Crippen LogP contribution in [0.1, 0.15) is 19.4 Å². The van der Waals surface area contributed by atoms with E-state index in [0.29, 0.717) is 17.1 Å². The summed E-state index contributed by atoms with van der Waals surface area (Å²) < 4.78 is 15.4. The molecule has 1 rings (SSSR count). The van der Waals surface area contributed by atoms with Crippen LogP contribution in [0.5, 0.6) is 11.5 Å². The Morgan fingerprint density at radius 2 is 1.76 bits per heavy atom. The minimum Gasteiger partial charge on any atom is -0.493 e. The number of primary amides is 1. The van der Waals surface area contributed by atoms with Crippen molar-refractivity contribution in [2.24, 2.45) is 11.7 Å². The summed E-state index contributed by atoms with van der Waals surface area (Å²) >= 11 is 0. The second-order valence-corrected chi connectivity index (χ2v) is 5.40. The smallest absolute Gasteiger partial charge is 0.331 e. The van der Waals surface area contributed by atoms with Gasteiger partial charge in [0.15, 0.2) is 17.6 Å². The van der Waals surface area contributed by atoms with Crippen molar-refractivity contribution in [3.8, 4) is 11.5 Å². The number of hydrogen-bond donors (Lipinski definition) is 2. The van der Waals surface area contributed by atoms with Gasteiger partial charge in [0.2, 0.25) is 0 Å². The first kappa shape index (κ1) is 20.0. The van der Waals surface area contributed by atoms with Gasteiger partial charge in [-0.15, -0.1) is 0 Å². The van der Waals surface area contributed by atoms with E-state index >= 15 is 0 Å². The van der Waals surface area contributed by atoms with Gasteiger partial charge in [0.25, 0.3) is 5.91 Å². The van der Waals surface area contributed by atoms with Crippen LogP contribution in [0.2, 0.25) is 0 Å². The number of nitrogens with one attached hydrogen (secondary N) is 1. The van der Waals surface area contributed by atoms with Crippen molar-refractivity contribution < 1.29 is 28.6 Å². The van der Waals surface area contributed by atoms with E-state index in [0.717, 1.165) is 0 Å². The fourth-order valence-corrected chi connectivity index (χ4v) is 1.97. The summed E-state index contributed by atoms with van der Waals surface area (Å²) in [4.78, 5) is 34.5.